The highest BCUT2D eigenvalue weighted by atomic mass is 16.7. The summed E-state index contributed by atoms with van der Waals surface area (Å²) in [5.74, 6) is 0. The average Bonchev–Trinajstić information content (AvgIpc) is 3.09. The van der Waals surface area contributed by atoms with Crippen LogP contribution in [0.3, 0.4) is 0 Å². The summed E-state index contributed by atoms with van der Waals surface area (Å²) in [6, 6.07) is 8.67. The molecule has 1 aromatic rings. The number of carbonyl (C=O) groups excluding carboxylic acids is 1. The van der Waals surface area contributed by atoms with Crippen LogP contribution in [0, 0.1) is 6.92 Å². The molecule has 0 radical (unpaired) electrons. The second-order valence-corrected chi connectivity index (χ2v) is 7.98. The molecule has 1 saturated carbocycles. The Bertz CT molecular complexity index is 687. The second kappa shape index (κ2) is 7.90. The molecule has 2 heterocycles. The lowest BCUT2D eigenvalue weighted by Crippen LogP contribution is -2.47. The van der Waals surface area contributed by atoms with Gasteiger partial charge in [-0.05, 0) is 44.2 Å². The molecule has 6 nitrogen and oxygen atoms in total. The molecule has 4 rings (SSSR count). The first-order valence-corrected chi connectivity index (χ1v) is 10.1. The van der Waals surface area contributed by atoms with E-state index in [1.165, 1.54) is 24.8 Å². The number of aryl methyl sites for hydroxylation is 1. The lowest BCUT2D eigenvalue weighted by atomic mass is 9.91. The van der Waals surface area contributed by atoms with E-state index in [9.17, 15) is 4.79 Å². The molecule has 1 saturated heterocycles. The number of rotatable bonds is 3. The quantitative estimate of drug-likeness (QED) is 0.849. The molecule has 1 spiro atoms. The SMILES string of the molecule is Cc1ccc(C2=CC3(CCN(OC(=O)NC4CCCCC4)CC3)ON2)cc1. The molecule has 0 aromatic heterocycles. The molecule has 1 amide bonds. The molecular formula is C21H29N3O3. The van der Waals surface area contributed by atoms with E-state index in [1.54, 1.807) is 5.06 Å². The Morgan fingerprint density at radius 1 is 1.19 bits per heavy atom. The van der Waals surface area contributed by atoms with Crippen molar-refractivity contribution < 1.29 is 14.5 Å². The van der Waals surface area contributed by atoms with Gasteiger partial charge in [0.1, 0.15) is 5.60 Å². The van der Waals surface area contributed by atoms with E-state index in [1.807, 2.05) is 0 Å². The van der Waals surface area contributed by atoms with Crippen LogP contribution in [0.4, 0.5) is 4.79 Å². The minimum Gasteiger partial charge on any atom is -0.351 e. The number of nitrogens with one attached hydrogen (secondary N) is 2. The predicted octanol–water partition coefficient (Wildman–Crippen LogP) is 3.68. The number of nitrogens with zero attached hydrogens (tertiary/aromatic N) is 1. The average molecular weight is 371 g/mol. The van der Waals surface area contributed by atoms with Gasteiger partial charge in [0.2, 0.25) is 0 Å². The minimum atomic E-state index is -0.320. The Morgan fingerprint density at radius 2 is 1.89 bits per heavy atom. The molecule has 6 heteroatoms. The van der Waals surface area contributed by atoms with Gasteiger partial charge in [-0.3, -0.25) is 10.3 Å². The van der Waals surface area contributed by atoms with Crippen LogP contribution >= 0.6 is 0 Å². The van der Waals surface area contributed by atoms with Gasteiger partial charge in [-0.2, -0.15) is 0 Å². The summed E-state index contributed by atoms with van der Waals surface area (Å²) in [4.78, 5) is 23.6. The van der Waals surface area contributed by atoms with Gasteiger partial charge in [0.05, 0.1) is 5.70 Å². The Kier molecular flexibility index (Phi) is 5.36. The monoisotopic (exact) mass is 371 g/mol. The van der Waals surface area contributed by atoms with Crippen molar-refractivity contribution in [3.8, 4) is 0 Å². The van der Waals surface area contributed by atoms with E-state index < -0.39 is 0 Å². The molecule has 1 aromatic carbocycles. The normalized spacial score (nSPS) is 22.9. The van der Waals surface area contributed by atoms with E-state index in [0.29, 0.717) is 13.1 Å². The molecule has 0 atom stereocenters. The number of hydrogen-bond acceptors (Lipinski definition) is 5. The fourth-order valence-electron chi connectivity index (χ4n) is 4.11. The molecule has 27 heavy (non-hydrogen) atoms. The van der Waals surface area contributed by atoms with Gasteiger partial charge in [0.15, 0.2) is 0 Å². The summed E-state index contributed by atoms with van der Waals surface area (Å²) in [6.45, 7) is 3.41. The van der Waals surface area contributed by atoms with Crippen LogP contribution in [0.25, 0.3) is 5.70 Å². The van der Waals surface area contributed by atoms with Crippen LogP contribution in [0.15, 0.2) is 30.3 Å². The topological polar surface area (TPSA) is 62.8 Å². The highest BCUT2D eigenvalue weighted by Gasteiger charge is 2.39. The van der Waals surface area contributed by atoms with Gasteiger partial charge in [-0.25, -0.2) is 4.79 Å². The van der Waals surface area contributed by atoms with Gasteiger partial charge in [-0.1, -0.05) is 49.1 Å². The van der Waals surface area contributed by atoms with E-state index in [-0.39, 0.29) is 17.7 Å². The third kappa shape index (κ3) is 4.45. The van der Waals surface area contributed by atoms with Crippen molar-refractivity contribution in [2.75, 3.05) is 13.1 Å². The summed E-state index contributed by atoms with van der Waals surface area (Å²) in [5.41, 5.74) is 6.15. The van der Waals surface area contributed by atoms with Crippen LogP contribution in [0.2, 0.25) is 0 Å². The number of amides is 1. The highest BCUT2D eigenvalue weighted by Crippen LogP contribution is 2.34. The zero-order valence-electron chi connectivity index (χ0n) is 16.0. The van der Waals surface area contributed by atoms with Crippen LogP contribution in [0.1, 0.15) is 56.1 Å². The van der Waals surface area contributed by atoms with Crippen LogP contribution < -0.4 is 10.8 Å². The van der Waals surface area contributed by atoms with Crippen molar-refractivity contribution in [2.24, 2.45) is 0 Å². The first-order chi connectivity index (χ1) is 13.1. The van der Waals surface area contributed by atoms with E-state index in [2.05, 4.69) is 48.1 Å². The fourth-order valence-corrected chi connectivity index (χ4v) is 4.11. The molecule has 3 aliphatic rings. The van der Waals surface area contributed by atoms with E-state index in [4.69, 9.17) is 9.68 Å². The Morgan fingerprint density at radius 3 is 2.59 bits per heavy atom. The van der Waals surface area contributed by atoms with Gasteiger partial charge < -0.3 is 10.2 Å². The molecule has 0 unspecified atom stereocenters. The maximum absolute atomic E-state index is 12.1. The summed E-state index contributed by atoms with van der Waals surface area (Å²) >= 11 is 0. The van der Waals surface area contributed by atoms with Crippen molar-refractivity contribution in [3.05, 3.63) is 41.5 Å². The predicted molar refractivity (Wildman–Crippen MR) is 103 cm³/mol. The molecular weight excluding hydrogens is 342 g/mol. The van der Waals surface area contributed by atoms with Crippen molar-refractivity contribution in [2.45, 2.75) is 63.5 Å². The minimum absolute atomic E-state index is 0.268. The standard InChI is InChI=1S/C21H29N3O3/c1-16-7-9-17(10-8-16)19-15-21(27-23-19)11-13-24(14-12-21)26-20(25)22-18-5-3-2-4-6-18/h7-10,15,18,23H,2-6,11-14H2,1H3,(H,22,25). The summed E-state index contributed by atoms with van der Waals surface area (Å²) < 4.78 is 0. The van der Waals surface area contributed by atoms with Gasteiger partial charge in [0.25, 0.3) is 0 Å². The summed E-state index contributed by atoms with van der Waals surface area (Å²) in [7, 11) is 0. The molecule has 1 aliphatic carbocycles. The van der Waals surface area contributed by atoms with Crippen molar-refractivity contribution >= 4 is 11.8 Å². The Balaban J connectivity index is 1.28. The lowest BCUT2D eigenvalue weighted by Gasteiger charge is -2.35. The third-order valence-electron chi connectivity index (χ3n) is 5.84. The lowest BCUT2D eigenvalue weighted by molar-refractivity contribution is -0.157. The van der Waals surface area contributed by atoms with Gasteiger partial charge in [0, 0.05) is 19.1 Å². The van der Waals surface area contributed by atoms with Crippen molar-refractivity contribution in [1.82, 2.24) is 15.9 Å². The summed E-state index contributed by atoms with van der Waals surface area (Å²) in [6.07, 6.45) is 9.20. The zero-order chi connectivity index (χ0) is 18.7. The van der Waals surface area contributed by atoms with Crippen LogP contribution in [0.5, 0.6) is 0 Å². The maximum Gasteiger partial charge on any atom is 0.426 e. The Hall–Kier alpha value is -2.05. The Labute approximate surface area is 160 Å². The first-order valence-electron chi connectivity index (χ1n) is 10.1. The molecule has 0 bridgehead atoms. The first kappa shape index (κ1) is 18.3. The second-order valence-electron chi connectivity index (χ2n) is 7.98. The van der Waals surface area contributed by atoms with Gasteiger partial charge in [-0.15, -0.1) is 5.06 Å². The zero-order valence-corrected chi connectivity index (χ0v) is 16.0. The number of benzene rings is 1. The van der Waals surface area contributed by atoms with Crippen LogP contribution in [-0.2, 0) is 9.68 Å². The largest absolute Gasteiger partial charge is 0.426 e. The van der Waals surface area contributed by atoms with Crippen LogP contribution in [-0.4, -0.2) is 35.9 Å². The molecule has 2 fully saturated rings. The molecule has 146 valence electrons. The van der Waals surface area contributed by atoms with E-state index >= 15 is 0 Å². The summed E-state index contributed by atoms with van der Waals surface area (Å²) in [5, 5.41) is 4.76. The number of carbonyl (C=O) groups is 1. The molecule has 2 N–H and O–H groups in total. The third-order valence-corrected chi connectivity index (χ3v) is 5.84. The fraction of sp³-hybridized carbons (Fsp3) is 0.571. The van der Waals surface area contributed by atoms with Gasteiger partial charge >= 0.3 is 6.09 Å². The highest BCUT2D eigenvalue weighted by molar-refractivity contribution is 5.67. The number of hydroxylamine groups is 3. The molecule has 2 aliphatic heterocycles. The smallest absolute Gasteiger partial charge is 0.351 e. The van der Waals surface area contributed by atoms with Crippen molar-refractivity contribution in [1.29, 1.82) is 0 Å². The van der Waals surface area contributed by atoms with Crippen molar-refractivity contribution in [3.63, 3.8) is 0 Å². The number of hydrogen-bond donors (Lipinski definition) is 2. The maximum atomic E-state index is 12.1. The number of piperidine rings is 1. The van der Waals surface area contributed by atoms with E-state index in [0.717, 1.165) is 36.9 Å².